The molecule has 14 heteroatoms. The van der Waals surface area contributed by atoms with Crippen molar-refractivity contribution in [2.75, 3.05) is 12.3 Å². The Morgan fingerprint density at radius 2 is 1.79 bits per heavy atom. The minimum absolute atomic E-state index is 0.0571. The molecule has 6 rings (SSSR count). The quantitative estimate of drug-likeness (QED) is 0.198. The number of para-hydroxylation sites is 1. The second kappa shape index (κ2) is 9.87. The number of aliphatic hydroxyl groups is 3. The van der Waals surface area contributed by atoms with Gasteiger partial charge in [-0.2, -0.15) is 0 Å². The van der Waals surface area contributed by atoms with Crippen molar-refractivity contribution in [3.05, 3.63) is 65.4 Å². The standard InChI is InChI=1S/C25H23ClN8O5/c26-13-7-5-12(6-8-13)9-33-15-4-2-1-3-14(15)18(36)23(33)31-32-25-30-17-21(27)28-11-29-22(17)34(25)24-20(38)19(37)16(10-35)39-24/h1-8,11,16,19-20,24,35-38H,9-10H2,(H2,27,28,29)/t16-,19-,20-,24-/m1/s1. The van der Waals surface area contributed by atoms with E-state index in [1.807, 2.05) is 24.3 Å². The summed E-state index contributed by atoms with van der Waals surface area (Å²) in [6.07, 6.45) is -3.84. The van der Waals surface area contributed by atoms with Gasteiger partial charge in [-0.25, -0.2) is 15.0 Å². The van der Waals surface area contributed by atoms with E-state index in [-0.39, 0.29) is 34.5 Å². The zero-order chi connectivity index (χ0) is 27.3. The van der Waals surface area contributed by atoms with Crippen molar-refractivity contribution in [1.82, 2.24) is 24.1 Å². The Morgan fingerprint density at radius 1 is 1.03 bits per heavy atom. The Hall–Kier alpha value is -4.14. The van der Waals surface area contributed by atoms with Crippen molar-refractivity contribution in [1.29, 1.82) is 0 Å². The number of imidazole rings is 1. The minimum atomic E-state index is -1.44. The van der Waals surface area contributed by atoms with E-state index in [0.717, 1.165) is 11.1 Å². The van der Waals surface area contributed by atoms with Gasteiger partial charge >= 0.3 is 0 Å². The van der Waals surface area contributed by atoms with Crippen LogP contribution in [0.2, 0.25) is 5.02 Å². The molecule has 39 heavy (non-hydrogen) atoms. The molecule has 1 aliphatic rings. The second-order valence-corrected chi connectivity index (χ2v) is 9.48. The molecule has 3 aromatic heterocycles. The summed E-state index contributed by atoms with van der Waals surface area (Å²) in [5, 5.41) is 51.5. The Kier molecular flexibility index (Phi) is 6.37. The fourth-order valence-electron chi connectivity index (χ4n) is 4.71. The third kappa shape index (κ3) is 4.26. The molecule has 0 saturated carbocycles. The fraction of sp³-hybridized carbons (Fsp3) is 0.240. The van der Waals surface area contributed by atoms with Gasteiger partial charge in [0, 0.05) is 17.0 Å². The van der Waals surface area contributed by atoms with Gasteiger partial charge in [0.25, 0.3) is 5.95 Å². The van der Waals surface area contributed by atoms with Gasteiger partial charge in [0.2, 0.25) is 0 Å². The first-order chi connectivity index (χ1) is 18.9. The molecule has 0 spiro atoms. The van der Waals surface area contributed by atoms with E-state index >= 15 is 0 Å². The van der Waals surface area contributed by atoms with Crippen LogP contribution in [0.1, 0.15) is 11.8 Å². The number of benzene rings is 2. The Bertz CT molecular complexity index is 1700. The number of aromatic hydroxyl groups is 1. The van der Waals surface area contributed by atoms with Gasteiger partial charge < -0.3 is 35.5 Å². The number of azo groups is 1. The molecule has 0 bridgehead atoms. The van der Waals surface area contributed by atoms with E-state index in [9.17, 15) is 20.4 Å². The molecule has 13 nitrogen and oxygen atoms in total. The van der Waals surface area contributed by atoms with Crippen LogP contribution in [-0.4, -0.2) is 69.4 Å². The predicted octanol–water partition coefficient (Wildman–Crippen LogP) is 2.80. The highest BCUT2D eigenvalue weighted by atomic mass is 35.5. The van der Waals surface area contributed by atoms with Gasteiger partial charge in [0.1, 0.15) is 24.6 Å². The number of anilines is 1. The average Bonchev–Trinajstić information content (AvgIpc) is 3.54. The molecule has 6 N–H and O–H groups in total. The molecule has 1 saturated heterocycles. The molecule has 0 aliphatic carbocycles. The highest BCUT2D eigenvalue weighted by Crippen LogP contribution is 2.41. The molecular formula is C25H23ClN8O5. The summed E-state index contributed by atoms with van der Waals surface area (Å²) >= 11 is 6.05. The van der Waals surface area contributed by atoms with Gasteiger partial charge in [0.05, 0.1) is 12.1 Å². The van der Waals surface area contributed by atoms with Gasteiger partial charge in [-0.1, -0.05) is 35.9 Å². The lowest BCUT2D eigenvalue weighted by molar-refractivity contribution is -0.0503. The molecule has 0 radical (unpaired) electrons. The third-order valence-electron chi connectivity index (χ3n) is 6.66. The summed E-state index contributed by atoms with van der Waals surface area (Å²) < 4.78 is 8.83. The van der Waals surface area contributed by atoms with E-state index in [2.05, 4.69) is 25.2 Å². The first-order valence-corrected chi connectivity index (χ1v) is 12.3. The third-order valence-corrected chi connectivity index (χ3v) is 6.92. The molecule has 1 fully saturated rings. The zero-order valence-corrected chi connectivity index (χ0v) is 21.0. The summed E-state index contributed by atoms with van der Waals surface area (Å²) in [7, 11) is 0. The van der Waals surface area contributed by atoms with Gasteiger partial charge in [-0.3, -0.25) is 4.57 Å². The molecule has 4 atom stereocenters. The van der Waals surface area contributed by atoms with Crippen molar-refractivity contribution >= 4 is 51.3 Å². The number of ether oxygens (including phenoxy) is 1. The van der Waals surface area contributed by atoms with Crippen LogP contribution >= 0.6 is 11.6 Å². The topological polar surface area (TPSA) is 189 Å². The smallest absolute Gasteiger partial charge is 0.254 e. The lowest BCUT2D eigenvalue weighted by Gasteiger charge is -2.17. The van der Waals surface area contributed by atoms with E-state index in [1.54, 1.807) is 28.8 Å². The summed E-state index contributed by atoms with van der Waals surface area (Å²) in [6, 6.07) is 14.6. The van der Waals surface area contributed by atoms with E-state index in [0.29, 0.717) is 17.0 Å². The highest BCUT2D eigenvalue weighted by Gasteiger charge is 2.45. The Balaban J connectivity index is 1.49. The predicted molar refractivity (Wildman–Crippen MR) is 141 cm³/mol. The van der Waals surface area contributed by atoms with E-state index in [1.165, 1.54) is 10.9 Å². The maximum atomic E-state index is 11.1. The lowest BCUT2D eigenvalue weighted by atomic mass is 10.1. The first kappa shape index (κ1) is 25.2. The molecular weight excluding hydrogens is 528 g/mol. The molecule has 4 heterocycles. The first-order valence-electron chi connectivity index (χ1n) is 11.9. The number of aliphatic hydroxyl groups excluding tert-OH is 3. The maximum absolute atomic E-state index is 11.1. The maximum Gasteiger partial charge on any atom is 0.254 e. The number of nitrogens with two attached hydrogens (primary N) is 1. The van der Waals surface area contributed by atoms with Gasteiger partial charge in [-0.15, -0.1) is 10.2 Å². The number of hydrogen-bond acceptors (Lipinski definition) is 11. The largest absolute Gasteiger partial charge is 0.504 e. The Morgan fingerprint density at radius 3 is 2.54 bits per heavy atom. The van der Waals surface area contributed by atoms with Gasteiger partial charge in [0.15, 0.2) is 34.8 Å². The number of nitrogen functional groups attached to an aromatic ring is 1. The number of hydrogen-bond donors (Lipinski definition) is 5. The summed E-state index contributed by atoms with van der Waals surface area (Å²) in [5.74, 6) is 0.0551. The molecule has 5 aromatic rings. The fourth-order valence-corrected chi connectivity index (χ4v) is 4.84. The minimum Gasteiger partial charge on any atom is -0.504 e. The van der Waals surface area contributed by atoms with Crippen LogP contribution in [0.15, 0.2) is 65.1 Å². The van der Waals surface area contributed by atoms with Crippen LogP contribution in [0.4, 0.5) is 17.6 Å². The van der Waals surface area contributed by atoms with Crippen LogP contribution in [0.3, 0.4) is 0 Å². The molecule has 200 valence electrons. The van der Waals surface area contributed by atoms with Crippen LogP contribution in [0.25, 0.3) is 22.1 Å². The van der Waals surface area contributed by atoms with Crippen molar-refractivity contribution in [2.24, 2.45) is 10.2 Å². The molecule has 1 aliphatic heterocycles. The van der Waals surface area contributed by atoms with Crippen molar-refractivity contribution in [2.45, 2.75) is 31.1 Å². The van der Waals surface area contributed by atoms with Crippen LogP contribution in [0, 0.1) is 0 Å². The number of rotatable bonds is 6. The van der Waals surface area contributed by atoms with Crippen LogP contribution in [-0.2, 0) is 11.3 Å². The molecule has 2 aromatic carbocycles. The SMILES string of the molecule is Nc1ncnc2c1nc(N=Nc1c(O)c3ccccc3n1Cc1ccc(Cl)cc1)n2[C@@H]1O[C@H](CO)[C@@H](O)[C@H]1O. The van der Waals surface area contributed by atoms with E-state index < -0.39 is 31.1 Å². The number of fused-ring (bicyclic) bond motifs is 2. The normalized spacial score (nSPS) is 21.5. The number of aromatic nitrogens is 5. The van der Waals surface area contributed by atoms with E-state index in [4.69, 9.17) is 22.1 Å². The highest BCUT2D eigenvalue weighted by molar-refractivity contribution is 6.30. The van der Waals surface area contributed by atoms with Crippen LogP contribution in [0.5, 0.6) is 5.75 Å². The summed E-state index contributed by atoms with van der Waals surface area (Å²) in [5.41, 5.74) is 8.01. The molecule has 0 amide bonds. The van der Waals surface area contributed by atoms with Crippen molar-refractivity contribution in [3.63, 3.8) is 0 Å². The average molecular weight is 551 g/mol. The summed E-state index contributed by atoms with van der Waals surface area (Å²) in [6.45, 7) is -0.162. The Labute approximate surface area is 225 Å². The summed E-state index contributed by atoms with van der Waals surface area (Å²) in [4.78, 5) is 12.6. The van der Waals surface area contributed by atoms with Crippen molar-refractivity contribution in [3.8, 4) is 5.75 Å². The second-order valence-electron chi connectivity index (χ2n) is 9.04. The molecule has 0 unspecified atom stereocenters. The van der Waals surface area contributed by atoms with Crippen molar-refractivity contribution < 1.29 is 25.2 Å². The number of nitrogens with zero attached hydrogens (tertiary/aromatic N) is 7. The monoisotopic (exact) mass is 550 g/mol. The van der Waals surface area contributed by atoms with Gasteiger partial charge in [-0.05, 0) is 29.8 Å². The zero-order valence-electron chi connectivity index (χ0n) is 20.2. The number of halogens is 1. The lowest BCUT2D eigenvalue weighted by Crippen LogP contribution is -2.33. The van der Waals surface area contributed by atoms with Crippen LogP contribution < -0.4 is 5.73 Å².